The number of nitrogens with one attached hydrogen (secondary N) is 1. The van der Waals surface area contributed by atoms with Gasteiger partial charge in [-0.05, 0) is 48.4 Å². The van der Waals surface area contributed by atoms with Gasteiger partial charge in [-0.25, -0.2) is 0 Å². The molecule has 33 heavy (non-hydrogen) atoms. The lowest BCUT2D eigenvalue weighted by Gasteiger charge is -2.35. The van der Waals surface area contributed by atoms with E-state index in [2.05, 4.69) is 52.7 Å². The molecule has 1 aliphatic heterocycles. The number of hydrogen-bond donors (Lipinski definition) is 1. The summed E-state index contributed by atoms with van der Waals surface area (Å²) in [5, 5.41) is 5.58. The molecule has 0 spiro atoms. The first-order chi connectivity index (χ1) is 16.2. The first kappa shape index (κ1) is 23.1. The number of hydrogen-bond acceptors (Lipinski definition) is 5. The predicted octanol–water partition coefficient (Wildman–Crippen LogP) is 4.44. The standard InChI is InChI=1S/C27H32N2O4/c1-3-32-25-13-12-21(18-26(25)33-4-2)27(30)28-19-24(29-14-16-31-17-15-29)23-11-7-9-20-8-5-6-10-22(20)23/h5-13,18,24H,3-4,14-17,19H2,1-2H3,(H,28,30)/t24-/m1/s1. The van der Waals surface area contributed by atoms with Crippen molar-refractivity contribution in [3.63, 3.8) is 0 Å². The molecule has 0 radical (unpaired) electrons. The Balaban J connectivity index is 1.57. The van der Waals surface area contributed by atoms with Crippen molar-refractivity contribution in [1.29, 1.82) is 0 Å². The number of rotatable bonds is 9. The maximum absolute atomic E-state index is 13.1. The number of carbonyl (C=O) groups is 1. The molecule has 174 valence electrons. The smallest absolute Gasteiger partial charge is 0.251 e. The van der Waals surface area contributed by atoms with Crippen molar-refractivity contribution in [3.8, 4) is 11.5 Å². The topological polar surface area (TPSA) is 60.0 Å². The van der Waals surface area contributed by atoms with Gasteiger partial charge in [-0.3, -0.25) is 9.69 Å². The van der Waals surface area contributed by atoms with Gasteiger partial charge in [-0.15, -0.1) is 0 Å². The Bertz CT molecular complexity index is 1070. The van der Waals surface area contributed by atoms with Gasteiger partial charge in [0.15, 0.2) is 11.5 Å². The lowest BCUT2D eigenvalue weighted by atomic mass is 9.97. The minimum Gasteiger partial charge on any atom is -0.490 e. The highest BCUT2D eigenvalue weighted by atomic mass is 16.5. The number of carbonyl (C=O) groups excluding carboxylic acids is 1. The summed E-state index contributed by atoms with van der Waals surface area (Å²) in [5.74, 6) is 1.11. The third-order valence-electron chi connectivity index (χ3n) is 5.93. The highest BCUT2D eigenvalue weighted by Crippen LogP contribution is 2.30. The molecule has 0 saturated carbocycles. The highest BCUT2D eigenvalue weighted by molar-refractivity contribution is 5.95. The summed E-state index contributed by atoms with van der Waals surface area (Å²) >= 11 is 0. The van der Waals surface area contributed by atoms with Crippen LogP contribution >= 0.6 is 0 Å². The van der Waals surface area contributed by atoms with Crippen LogP contribution in [-0.2, 0) is 4.74 Å². The Labute approximate surface area is 195 Å². The van der Waals surface area contributed by atoms with Gasteiger partial charge in [0.05, 0.1) is 32.5 Å². The molecular formula is C27H32N2O4. The Kier molecular flexibility index (Phi) is 7.81. The van der Waals surface area contributed by atoms with Crippen molar-refractivity contribution in [2.45, 2.75) is 19.9 Å². The fraction of sp³-hybridized carbons (Fsp3) is 0.370. The molecule has 3 aromatic rings. The van der Waals surface area contributed by atoms with Gasteiger partial charge < -0.3 is 19.5 Å². The Morgan fingerprint density at radius 1 is 0.970 bits per heavy atom. The van der Waals surface area contributed by atoms with E-state index in [0.29, 0.717) is 50.0 Å². The monoisotopic (exact) mass is 448 g/mol. The summed E-state index contributed by atoms with van der Waals surface area (Å²) in [6.07, 6.45) is 0. The van der Waals surface area contributed by atoms with Gasteiger partial charge in [-0.2, -0.15) is 0 Å². The van der Waals surface area contributed by atoms with Crippen LogP contribution in [0.5, 0.6) is 11.5 Å². The van der Waals surface area contributed by atoms with Crippen molar-refractivity contribution in [2.24, 2.45) is 0 Å². The van der Waals surface area contributed by atoms with Crippen molar-refractivity contribution in [2.75, 3.05) is 46.1 Å². The second-order valence-corrected chi connectivity index (χ2v) is 7.97. The average Bonchev–Trinajstić information content (AvgIpc) is 2.86. The molecule has 4 rings (SSSR count). The minimum atomic E-state index is -0.127. The number of fused-ring (bicyclic) bond motifs is 1. The van der Waals surface area contributed by atoms with Crippen LogP contribution < -0.4 is 14.8 Å². The maximum atomic E-state index is 13.1. The van der Waals surface area contributed by atoms with Crippen molar-refractivity contribution < 1.29 is 19.0 Å². The van der Waals surface area contributed by atoms with E-state index in [1.54, 1.807) is 18.2 Å². The largest absolute Gasteiger partial charge is 0.490 e. The van der Waals surface area contributed by atoms with Gasteiger partial charge in [0, 0.05) is 25.2 Å². The molecule has 1 aliphatic rings. The lowest BCUT2D eigenvalue weighted by Crippen LogP contribution is -2.43. The van der Waals surface area contributed by atoms with E-state index in [4.69, 9.17) is 14.2 Å². The van der Waals surface area contributed by atoms with Crippen LogP contribution in [0.1, 0.15) is 35.8 Å². The summed E-state index contributed by atoms with van der Waals surface area (Å²) in [5.41, 5.74) is 1.78. The molecule has 0 unspecified atom stereocenters. The van der Waals surface area contributed by atoms with E-state index < -0.39 is 0 Å². The average molecular weight is 449 g/mol. The van der Waals surface area contributed by atoms with E-state index in [-0.39, 0.29) is 11.9 Å². The Hall–Kier alpha value is -3.09. The molecule has 1 fully saturated rings. The van der Waals surface area contributed by atoms with Crippen molar-refractivity contribution in [3.05, 3.63) is 71.8 Å². The lowest BCUT2D eigenvalue weighted by molar-refractivity contribution is 0.0165. The first-order valence-corrected chi connectivity index (χ1v) is 11.7. The zero-order valence-corrected chi connectivity index (χ0v) is 19.4. The van der Waals surface area contributed by atoms with Gasteiger partial charge in [0.25, 0.3) is 5.91 Å². The van der Waals surface area contributed by atoms with Crippen LogP contribution in [0.3, 0.4) is 0 Å². The second kappa shape index (κ2) is 11.2. The molecule has 0 aromatic heterocycles. The molecule has 3 aromatic carbocycles. The quantitative estimate of drug-likeness (QED) is 0.524. The number of nitrogens with zero attached hydrogens (tertiary/aromatic N) is 1. The van der Waals surface area contributed by atoms with E-state index in [0.717, 1.165) is 13.1 Å². The van der Waals surface area contributed by atoms with E-state index in [9.17, 15) is 4.79 Å². The van der Waals surface area contributed by atoms with Gasteiger partial charge in [-0.1, -0.05) is 42.5 Å². The Morgan fingerprint density at radius 2 is 1.70 bits per heavy atom. The van der Waals surface area contributed by atoms with E-state index in [1.807, 2.05) is 13.8 Å². The van der Waals surface area contributed by atoms with E-state index >= 15 is 0 Å². The number of amides is 1. The molecule has 1 saturated heterocycles. The highest BCUT2D eigenvalue weighted by Gasteiger charge is 2.25. The molecular weight excluding hydrogens is 416 g/mol. The normalized spacial score (nSPS) is 15.2. The third-order valence-corrected chi connectivity index (χ3v) is 5.93. The molecule has 1 atom stereocenters. The third kappa shape index (κ3) is 5.46. The van der Waals surface area contributed by atoms with Crippen LogP contribution in [0.15, 0.2) is 60.7 Å². The Morgan fingerprint density at radius 3 is 2.48 bits per heavy atom. The second-order valence-electron chi connectivity index (χ2n) is 7.97. The number of benzene rings is 3. The zero-order chi connectivity index (χ0) is 23.0. The predicted molar refractivity (Wildman–Crippen MR) is 130 cm³/mol. The minimum absolute atomic E-state index is 0.0537. The van der Waals surface area contributed by atoms with Gasteiger partial charge in [0.2, 0.25) is 0 Å². The van der Waals surface area contributed by atoms with Crippen LogP contribution in [0, 0.1) is 0 Å². The molecule has 0 bridgehead atoms. The summed E-state index contributed by atoms with van der Waals surface area (Å²) < 4.78 is 16.9. The van der Waals surface area contributed by atoms with Crippen molar-refractivity contribution in [1.82, 2.24) is 10.2 Å². The van der Waals surface area contributed by atoms with Crippen LogP contribution in [0.2, 0.25) is 0 Å². The van der Waals surface area contributed by atoms with Crippen LogP contribution in [0.4, 0.5) is 0 Å². The fourth-order valence-electron chi connectivity index (χ4n) is 4.35. The van der Waals surface area contributed by atoms with Gasteiger partial charge >= 0.3 is 0 Å². The van der Waals surface area contributed by atoms with E-state index in [1.165, 1.54) is 16.3 Å². The summed E-state index contributed by atoms with van der Waals surface area (Å²) in [6, 6.07) is 20.2. The molecule has 1 heterocycles. The summed E-state index contributed by atoms with van der Waals surface area (Å²) in [6.45, 7) is 8.46. The number of ether oxygens (including phenoxy) is 3. The summed E-state index contributed by atoms with van der Waals surface area (Å²) in [4.78, 5) is 15.5. The van der Waals surface area contributed by atoms with Gasteiger partial charge in [0.1, 0.15) is 0 Å². The molecule has 0 aliphatic carbocycles. The maximum Gasteiger partial charge on any atom is 0.251 e. The molecule has 1 N–H and O–H groups in total. The first-order valence-electron chi connectivity index (χ1n) is 11.7. The fourth-order valence-corrected chi connectivity index (χ4v) is 4.35. The zero-order valence-electron chi connectivity index (χ0n) is 19.4. The summed E-state index contributed by atoms with van der Waals surface area (Å²) in [7, 11) is 0. The van der Waals surface area contributed by atoms with Crippen molar-refractivity contribution >= 4 is 16.7 Å². The molecule has 6 heteroatoms. The molecule has 1 amide bonds. The van der Waals surface area contributed by atoms with Crippen LogP contribution in [-0.4, -0.2) is 56.9 Å². The van der Waals surface area contributed by atoms with Crippen LogP contribution in [0.25, 0.3) is 10.8 Å². The number of morpholine rings is 1. The SMILES string of the molecule is CCOc1ccc(C(=O)NC[C@H](c2cccc3ccccc23)N2CCOCC2)cc1OCC. The molecule has 6 nitrogen and oxygen atoms in total.